The van der Waals surface area contributed by atoms with Crippen LogP contribution in [0.2, 0.25) is 0 Å². The van der Waals surface area contributed by atoms with Gasteiger partial charge in [-0.2, -0.15) is 0 Å². The van der Waals surface area contributed by atoms with Gasteiger partial charge in [-0.15, -0.1) is 11.8 Å². The second-order valence-corrected chi connectivity index (χ2v) is 4.66. The fraction of sp³-hybridized carbons (Fsp3) is 0.400. The van der Waals surface area contributed by atoms with E-state index in [4.69, 9.17) is 10.8 Å². The van der Waals surface area contributed by atoms with Crippen molar-refractivity contribution in [1.82, 2.24) is 4.98 Å². The third-order valence-electron chi connectivity index (χ3n) is 1.70. The molecule has 3 N–H and O–H groups in total. The molecule has 0 spiro atoms. The van der Waals surface area contributed by atoms with Crippen LogP contribution in [0.15, 0.2) is 17.3 Å². The summed E-state index contributed by atoms with van der Waals surface area (Å²) in [7, 11) is 0. The summed E-state index contributed by atoms with van der Waals surface area (Å²) in [5, 5.41) is 9.55. The first-order valence-corrected chi connectivity index (χ1v) is 5.61. The molecule has 0 aromatic carbocycles. The van der Waals surface area contributed by atoms with Crippen LogP contribution in [0, 0.1) is 5.92 Å². The molecule has 0 saturated carbocycles. The van der Waals surface area contributed by atoms with Crippen molar-refractivity contribution in [3.63, 3.8) is 0 Å². The number of carbonyl (C=O) groups is 1. The van der Waals surface area contributed by atoms with Gasteiger partial charge in [0, 0.05) is 5.75 Å². The molecular formula is C10H14N2O2S. The van der Waals surface area contributed by atoms with Gasteiger partial charge in [-0.1, -0.05) is 13.8 Å². The van der Waals surface area contributed by atoms with E-state index in [1.54, 1.807) is 0 Å². The Morgan fingerprint density at radius 3 is 2.87 bits per heavy atom. The topological polar surface area (TPSA) is 76.2 Å². The highest BCUT2D eigenvalue weighted by molar-refractivity contribution is 7.99. The van der Waals surface area contributed by atoms with Crippen LogP contribution in [0.5, 0.6) is 0 Å². The largest absolute Gasteiger partial charge is 0.478 e. The lowest BCUT2D eigenvalue weighted by Gasteiger charge is -2.05. The Morgan fingerprint density at radius 1 is 1.67 bits per heavy atom. The summed E-state index contributed by atoms with van der Waals surface area (Å²) >= 11 is 1.54. The fourth-order valence-corrected chi connectivity index (χ4v) is 1.80. The number of carboxylic acids is 1. The number of nitrogens with two attached hydrogens (primary N) is 1. The molecule has 0 bridgehead atoms. The number of pyridine rings is 1. The Hall–Kier alpha value is -1.23. The first-order valence-electron chi connectivity index (χ1n) is 4.62. The Labute approximate surface area is 92.9 Å². The summed E-state index contributed by atoms with van der Waals surface area (Å²) in [5.41, 5.74) is 5.82. The Balaban J connectivity index is 2.83. The van der Waals surface area contributed by atoms with Gasteiger partial charge in [0.1, 0.15) is 0 Å². The van der Waals surface area contributed by atoms with Gasteiger partial charge in [-0.05, 0) is 12.0 Å². The molecular weight excluding hydrogens is 212 g/mol. The summed E-state index contributed by atoms with van der Waals surface area (Å²) < 4.78 is 0. The summed E-state index contributed by atoms with van der Waals surface area (Å²) in [6, 6.07) is 1.52. The number of hydrogen-bond donors (Lipinski definition) is 2. The van der Waals surface area contributed by atoms with Gasteiger partial charge in [0.25, 0.3) is 0 Å². The molecule has 15 heavy (non-hydrogen) atoms. The lowest BCUT2D eigenvalue weighted by atomic mass is 10.2. The van der Waals surface area contributed by atoms with Gasteiger partial charge in [-0.25, -0.2) is 9.78 Å². The van der Waals surface area contributed by atoms with Crippen LogP contribution in [-0.4, -0.2) is 21.8 Å². The van der Waals surface area contributed by atoms with Gasteiger partial charge >= 0.3 is 5.97 Å². The Bertz CT molecular complexity index is 366. The maximum Gasteiger partial charge on any atom is 0.337 e. The minimum Gasteiger partial charge on any atom is -0.478 e. The number of hydrogen-bond acceptors (Lipinski definition) is 4. The molecule has 1 heterocycles. The second kappa shape index (κ2) is 5.02. The second-order valence-electron chi connectivity index (χ2n) is 3.62. The molecule has 0 aliphatic carbocycles. The zero-order valence-corrected chi connectivity index (χ0v) is 9.54. The van der Waals surface area contributed by atoms with Crippen LogP contribution in [-0.2, 0) is 0 Å². The molecule has 1 rings (SSSR count). The number of nitrogens with zero attached hydrogens (tertiary/aromatic N) is 1. The fourth-order valence-electron chi connectivity index (χ4n) is 0.963. The highest BCUT2D eigenvalue weighted by Crippen LogP contribution is 2.21. The SMILES string of the molecule is CC(C)CSc1cc(C(=O)O)c(N)cn1. The van der Waals surface area contributed by atoms with Crippen LogP contribution in [0.25, 0.3) is 0 Å². The molecule has 1 aromatic heterocycles. The van der Waals surface area contributed by atoms with Crippen molar-refractivity contribution in [2.75, 3.05) is 11.5 Å². The number of aromatic nitrogens is 1. The van der Waals surface area contributed by atoms with Gasteiger partial charge in [0.15, 0.2) is 0 Å². The van der Waals surface area contributed by atoms with E-state index in [0.29, 0.717) is 10.9 Å². The van der Waals surface area contributed by atoms with Crippen LogP contribution in [0.4, 0.5) is 5.69 Å². The molecule has 0 fully saturated rings. The van der Waals surface area contributed by atoms with E-state index < -0.39 is 5.97 Å². The van der Waals surface area contributed by atoms with Crippen molar-refractivity contribution in [1.29, 1.82) is 0 Å². The summed E-state index contributed by atoms with van der Waals surface area (Å²) in [6.45, 7) is 4.20. The predicted octanol–water partition coefficient (Wildman–Crippen LogP) is 2.11. The monoisotopic (exact) mass is 226 g/mol. The van der Waals surface area contributed by atoms with Crippen LogP contribution in [0.3, 0.4) is 0 Å². The number of carboxylic acid groups (broad SMARTS) is 1. The zero-order chi connectivity index (χ0) is 11.4. The Morgan fingerprint density at radius 2 is 2.33 bits per heavy atom. The molecule has 4 nitrogen and oxygen atoms in total. The molecule has 0 saturated heterocycles. The van der Waals surface area contributed by atoms with Crippen molar-refractivity contribution < 1.29 is 9.90 Å². The van der Waals surface area contributed by atoms with E-state index in [2.05, 4.69) is 18.8 Å². The molecule has 1 aromatic rings. The molecule has 0 aliphatic heterocycles. The maximum absolute atomic E-state index is 10.8. The lowest BCUT2D eigenvalue weighted by Crippen LogP contribution is -2.03. The molecule has 0 radical (unpaired) electrons. The van der Waals surface area contributed by atoms with Crippen molar-refractivity contribution in [2.24, 2.45) is 5.92 Å². The van der Waals surface area contributed by atoms with E-state index in [9.17, 15) is 4.79 Å². The van der Waals surface area contributed by atoms with E-state index in [0.717, 1.165) is 5.75 Å². The van der Waals surface area contributed by atoms with E-state index in [1.165, 1.54) is 24.0 Å². The summed E-state index contributed by atoms with van der Waals surface area (Å²) in [5.74, 6) is 0.444. The number of thioether (sulfide) groups is 1. The normalized spacial score (nSPS) is 10.6. The number of rotatable bonds is 4. The summed E-state index contributed by atoms with van der Waals surface area (Å²) in [6.07, 6.45) is 1.39. The molecule has 82 valence electrons. The van der Waals surface area contributed by atoms with Crippen LogP contribution < -0.4 is 5.73 Å². The molecule has 5 heteroatoms. The van der Waals surface area contributed by atoms with Gasteiger partial charge < -0.3 is 10.8 Å². The average Bonchev–Trinajstić information content (AvgIpc) is 2.16. The maximum atomic E-state index is 10.8. The molecule has 0 atom stereocenters. The predicted molar refractivity (Wildman–Crippen MR) is 61.2 cm³/mol. The number of aromatic carboxylic acids is 1. The van der Waals surface area contributed by atoms with E-state index in [-0.39, 0.29) is 11.3 Å². The van der Waals surface area contributed by atoms with E-state index in [1.807, 2.05) is 0 Å². The molecule has 0 unspecified atom stereocenters. The van der Waals surface area contributed by atoms with Crippen molar-refractivity contribution in [3.8, 4) is 0 Å². The van der Waals surface area contributed by atoms with Crippen molar-refractivity contribution in [3.05, 3.63) is 17.8 Å². The first-order chi connectivity index (χ1) is 7.00. The van der Waals surface area contributed by atoms with E-state index >= 15 is 0 Å². The van der Waals surface area contributed by atoms with Crippen molar-refractivity contribution >= 4 is 23.4 Å². The minimum atomic E-state index is -1.01. The highest BCUT2D eigenvalue weighted by Gasteiger charge is 2.10. The van der Waals surface area contributed by atoms with Gasteiger partial charge in [0.05, 0.1) is 22.5 Å². The smallest absolute Gasteiger partial charge is 0.337 e. The van der Waals surface area contributed by atoms with Crippen LogP contribution in [0.1, 0.15) is 24.2 Å². The van der Waals surface area contributed by atoms with Gasteiger partial charge in [-0.3, -0.25) is 0 Å². The average molecular weight is 226 g/mol. The zero-order valence-electron chi connectivity index (χ0n) is 8.73. The quantitative estimate of drug-likeness (QED) is 0.769. The number of anilines is 1. The third kappa shape index (κ3) is 3.43. The number of nitrogen functional groups attached to an aromatic ring is 1. The standard InChI is InChI=1S/C10H14N2O2S/c1-6(2)5-15-9-3-7(10(13)14)8(11)4-12-9/h3-4,6H,5,11H2,1-2H3,(H,13,14). The molecule has 0 amide bonds. The summed E-state index contributed by atoms with van der Waals surface area (Å²) in [4.78, 5) is 14.9. The molecule has 0 aliphatic rings. The van der Waals surface area contributed by atoms with Crippen molar-refractivity contribution in [2.45, 2.75) is 18.9 Å². The van der Waals surface area contributed by atoms with Crippen LogP contribution >= 0.6 is 11.8 Å². The lowest BCUT2D eigenvalue weighted by molar-refractivity contribution is 0.0697. The minimum absolute atomic E-state index is 0.122. The Kier molecular flexibility index (Phi) is 3.96. The van der Waals surface area contributed by atoms with Gasteiger partial charge in [0.2, 0.25) is 0 Å². The highest BCUT2D eigenvalue weighted by atomic mass is 32.2. The first kappa shape index (κ1) is 11.8. The third-order valence-corrected chi connectivity index (χ3v) is 3.06.